The zero-order valence-electron chi connectivity index (χ0n) is 14.4. The molecule has 0 atom stereocenters. The van der Waals surface area contributed by atoms with Crippen LogP contribution in [0.5, 0.6) is 0 Å². The van der Waals surface area contributed by atoms with Crippen molar-refractivity contribution in [1.82, 2.24) is 15.0 Å². The minimum atomic E-state index is -0.328. The molecule has 2 aromatic heterocycles. The summed E-state index contributed by atoms with van der Waals surface area (Å²) in [6.07, 6.45) is 3.14. The highest BCUT2D eigenvalue weighted by Gasteiger charge is 2.13. The molecule has 4 nitrogen and oxygen atoms in total. The summed E-state index contributed by atoms with van der Waals surface area (Å²) < 4.78 is 14.3. The van der Waals surface area contributed by atoms with Gasteiger partial charge in [-0.1, -0.05) is 6.07 Å². The Hall–Kier alpha value is -3.34. The van der Waals surface area contributed by atoms with Crippen LogP contribution in [0.25, 0.3) is 33.4 Å². The first-order chi connectivity index (χ1) is 12.5. The Morgan fingerprint density at radius 2 is 1.81 bits per heavy atom. The SMILES string of the molecule is Cc1ccc(-c2cnc3c(-c4ccc[nH]c4=O)cc(C)cc3n2)c(F)c1. The van der Waals surface area contributed by atoms with Crippen LogP contribution in [0.1, 0.15) is 11.1 Å². The van der Waals surface area contributed by atoms with Crippen LogP contribution >= 0.6 is 0 Å². The van der Waals surface area contributed by atoms with Gasteiger partial charge in [0.2, 0.25) is 0 Å². The van der Waals surface area contributed by atoms with Gasteiger partial charge in [-0.25, -0.2) is 9.37 Å². The van der Waals surface area contributed by atoms with Gasteiger partial charge in [0, 0.05) is 22.9 Å². The number of pyridine rings is 1. The van der Waals surface area contributed by atoms with Crippen molar-refractivity contribution in [2.24, 2.45) is 0 Å². The molecule has 128 valence electrons. The number of benzene rings is 2. The maximum absolute atomic E-state index is 14.3. The average Bonchev–Trinajstić information content (AvgIpc) is 2.61. The summed E-state index contributed by atoms with van der Waals surface area (Å²) in [4.78, 5) is 24.0. The lowest BCUT2D eigenvalue weighted by Gasteiger charge is -2.09. The van der Waals surface area contributed by atoms with E-state index in [9.17, 15) is 9.18 Å². The van der Waals surface area contributed by atoms with Crippen molar-refractivity contribution in [3.05, 3.63) is 82.2 Å². The van der Waals surface area contributed by atoms with Crippen LogP contribution in [0.2, 0.25) is 0 Å². The van der Waals surface area contributed by atoms with Crippen LogP contribution < -0.4 is 5.56 Å². The molecule has 0 aliphatic heterocycles. The fourth-order valence-corrected chi connectivity index (χ4v) is 3.06. The van der Waals surface area contributed by atoms with Crippen LogP contribution in [0.15, 0.2) is 59.7 Å². The van der Waals surface area contributed by atoms with E-state index in [1.165, 1.54) is 6.07 Å². The lowest BCUT2D eigenvalue weighted by molar-refractivity contribution is 0.629. The second-order valence-electron chi connectivity index (χ2n) is 6.33. The quantitative estimate of drug-likeness (QED) is 0.585. The molecule has 0 amide bonds. The maximum Gasteiger partial charge on any atom is 0.255 e. The van der Waals surface area contributed by atoms with Gasteiger partial charge in [-0.3, -0.25) is 9.78 Å². The maximum atomic E-state index is 14.3. The molecule has 0 unspecified atom stereocenters. The number of hydrogen-bond acceptors (Lipinski definition) is 3. The molecule has 5 heteroatoms. The molecular formula is C21H16FN3O. The molecule has 2 heterocycles. The fourth-order valence-electron chi connectivity index (χ4n) is 3.06. The van der Waals surface area contributed by atoms with Crippen molar-refractivity contribution in [2.45, 2.75) is 13.8 Å². The van der Waals surface area contributed by atoms with E-state index >= 15 is 0 Å². The third-order valence-corrected chi connectivity index (χ3v) is 4.30. The average molecular weight is 345 g/mol. The summed E-state index contributed by atoms with van der Waals surface area (Å²) in [5.41, 5.74) is 4.97. The van der Waals surface area contributed by atoms with Crippen molar-refractivity contribution in [2.75, 3.05) is 0 Å². The van der Waals surface area contributed by atoms with Gasteiger partial charge < -0.3 is 4.98 Å². The van der Waals surface area contributed by atoms with Gasteiger partial charge in [-0.2, -0.15) is 0 Å². The number of aromatic nitrogens is 3. The Morgan fingerprint density at radius 3 is 2.58 bits per heavy atom. The van der Waals surface area contributed by atoms with Crippen molar-refractivity contribution in [3.8, 4) is 22.4 Å². The van der Waals surface area contributed by atoms with E-state index in [2.05, 4.69) is 15.0 Å². The number of fused-ring (bicyclic) bond motifs is 1. The lowest BCUT2D eigenvalue weighted by atomic mass is 10.0. The zero-order chi connectivity index (χ0) is 18.3. The monoisotopic (exact) mass is 345 g/mol. The molecule has 0 bridgehead atoms. The van der Waals surface area contributed by atoms with Gasteiger partial charge in [0.25, 0.3) is 5.56 Å². The smallest absolute Gasteiger partial charge is 0.255 e. The van der Waals surface area contributed by atoms with E-state index in [1.54, 1.807) is 30.6 Å². The van der Waals surface area contributed by atoms with Crippen molar-refractivity contribution >= 4 is 11.0 Å². The van der Waals surface area contributed by atoms with E-state index in [-0.39, 0.29) is 11.4 Å². The predicted octanol–water partition coefficient (Wildman–Crippen LogP) is 4.41. The Bertz CT molecular complexity index is 1200. The van der Waals surface area contributed by atoms with E-state index in [0.717, 1.165) is 11.1 Å². The fraction of sp³-hybridized carbons (Fsp3) is 0.0952. The van der Waals surface area contributed by atoms with Crippen LogP contribution in [-0.2, 0) is 0 Å². The summed E-state index contributed by atoms with van der Waals surface area (Å²) >= 11 is 0. The summed E-state index contributed by atoms with van der Waals surface area (Å²) in [5, 5.41) is 0. The van der Waals surface area contributed by atoms with Crippen molar-refractivity contribution in [3.63, 3.8) is 0 Å². The summed E-state index contributed by atoms with van der Waals surface area (Å²) in [6, 6.07) is 12.4. The Kier molecular flexibility index (Phi) is 3.84. The normalized spacial score (nSPS) is 11.0. The summed E-state index contributed by atoms with van der Waals surface area (Å²) in [7, 11) is 0. The van der Waals surface area contributed by atoms with Crippen molar-refractivity contribution in [1.29, 1.82) is 0 Å². The molecular weight excluding hydrogens is 329 g/mol. The minimum Gasteiger partial charge on any atom is -0.329 e. The van der Waals surface area contributed by atoms with Gasteiger partial charge in [0.1, 0.15) is 5.82 Å². The standard InChI is InChI=1S/C21H16FN3O/c1-12-5-6-15(17(22)9-12)19-11-24-20-16(8-13(2)10-18(20)25-19)14-4-3-7-23-21(14)26/h3-11H,1-2H3,(H,23,26). The number of nitrogens with one attached hydrogen (secondary N) is 1. The third kappa shape index (κ3) is 2.77. The highest BCUT2D eigenvalue weighted by molar-refractivity contribution is 5.92. The summed E-state index contributed by atoms with van der Waals surface area (Å²) in [6.45, 7) is 3.77. The number of H-pyrrole nitrogens is 1. The highest BCUT2D eigenvalue weighted by Crippen LogP contribution is 2.28. The topological polar surface area (TPSA) is 58.6 Å². The van der Waals surface area contributed by atoms with E-state index in [4.69, 9.17) is 0 Å². The van der Waals surface area contributed by atoms with Crippen LogP contribution in [0, 0.1) is 19.7 Å². The van der Waals surface area contributed by atoms with Crippen LogP contribution in [0.3, 0.4) is 0 Å². The number of aryl methyl sites for hydroxylation is 2. The molecule has 4 aromatic rings. The highest BCUT2D eigenvalue weighted by atomic mass is 19.1. The molecule has 1 N–H and O–H groups in total. The Labute approximate surface area is 149 Å². The largest absolute Gasteiger partial charge is 0.329 e. The molecule has 0 aliphatic rings. The van der Waals surface area contributed by atoms with Gasteiger partial charge in [0.15, 0.2) is 0 Å². The molecule has 0 saturated heterocycles. The van der Waals surface area contributed by atoms with E-state index in [0.29, 0.717) is 33.4 Å². The molecule has 0 spiro atoms. The number of rotatable bonds is 2. The zero-order valence-corrected chi connectivity index (χ0v) is 14.4. The second kappa shape index (κ2) is 6.19. The number of halogens is 1. The van der Waals surface area contributed by atoms with Gasteiger partial charge in [-0.05, 0) is 61.4 Å². The molecule has 26 heavy (non-hydrogen) atoms. The predicted molar refractivity (Wildman–Crippen MR) is 100 cm³/mol. The molecule has 2 aromatic carbocycles. The Balaban J connectivity index is 1.96. The number of nitrogens with zero attached hydrogens (tertiary/aromatic N) is 2. The molecule has 0 saturated carbocycles. The molecule has 0 aliphatic carbocycles. The molecule has 0 fully saturated rings. The van der Waals surface area contributed by atoms with Gasteiger partial charge in [0.05, 0.1) is 22.9 Å². The van der Waals surface area contributed by atoms with Crippen LogP contribution in [-0.4, -0.2) is 15.0 Å². The second-order valence-corrected chi connectivity index (χ2v) is 6.33. The Morgan fingerprint density at radius 1 is 0.962 bits per heavy atom. The molecule has 0 radical (unpaired) electrons. The summed E-state index contributed by atoms with van der Waals surface area (Å²) in [5.74, 6) is -0.328. The van der Waals surface area contributed by atoms with E-state index in [1.807, 2.05) is 32.0 Å². The van der Waals surface area contributed by atoms with Crippen LogP contribution in [0.4, 0.5) is 4.39 Å². The first kappa shape index (κ1) is 16.1. The number of hydrogen-bond donors (Lipinski definition) is 1. The lowest BCUT2D eigenvalue weighted by Crippen LogP contribution is -2.08. The number of aromatic amines is 1. The first-order valence-electron chi connectivity index (χ1n) is 8.25. The van der Waals surface area contributed by atoms with Crippen molar-refractivity contribution < 1.29 is 4.39 Å². The third-order valence-electron chi connectivity index (χ3n) is 4.30. The van der Waals surface area contributed by atoms with Gasteiger partial charge in [-0.15, -0.1) is 0 Å². The molecule has 4 rings (SSSR count). The minimum absolute atomic E-state index is 0.185. The van der Waals surface area contributed by atoms with Gasteiger partial charge >= 0.3 is 0 Å². The van der Waals surface area contributed by atoms with E-state index < -0.39 is 0 Å². The first-order valence-corrected chi connectivity index (χ1v) is 8.25.